The maximum atomic E-state index is 11.7. The lowest BCUT2D eigenvalue weighted by Gasteiger charge is -2.12. The first-order valence-electron chi connectivity index (χ1n) is 6.53. The second kappa shape index (κ2) is 4.50. The van der Waals surface area contributed by atoms with Crippen molar-refractivity contribution in [1.82, 2.24) is 4.98 Å². The highest BCUT2D eigenvalue weighted by molar-refractivity contribution is 6.01. The predicted octanol–water partition coefficient (Wildman–Crippen LogP) is 2.83. The van der Waals surface area contributed by atoms with Crippen molar-refractivity contribution in [3.63, 3.8) is 0 Å². The molecule has 2 heterocycles. The highest BCUT2D eigenvalue weighted by atomic mass is 16.2. The molecule has 1 aliphatic rings. The van der Waals surface area contributed by atoms with Crippen LogP contribution in [0.2, 0.25) is 0 Å². The van der Waals surface area contributed by atoms with Gasteiger partial charge < -0.3 is 4.90 Å². The van der Waals surface area contributed by atoms with E-state index in [9.17, 15) is 4.79 Å². The minimum Gasteiger partial charge on any atom is -0.315 e. The van der Waals surface area contributed by atoms with Gasteiger partial charge >= 0.3 is 0 Å². The lowest BCUT2D eigenvalue weighted by molar-refractivity contribution is -0.117. The Labute approximate surface area is 112 Å². The van der Waals surface area contributed by atoms with E-state index in [0.29, 0.717) is 6.42 Å². The molecular formula is C16H16N2O. The zero-order valence-corrected chi connectivity index (χ0v) is 11.2. The van der Waals surface area contributed by atoms with Crippen LogP contribution in [0, 0.1) is 0 Å². The molecular weight excluding hydrogens is 236 g/mol. The molecule has 1 aromatic heterocycles. The van der Waals surface area contributed by atoms with Gasteiger partial charge in [-0.2, -0.15) is 0 Å². The van der Waals surface area contributed by atoms with Gasteiger partial charge in [0.25, 0.3) is 0 Å². The largest absolute Gasteiger partial charge is 0.315 e. The third kappa shape index (κ3) is 1.91. The minimum atomic E-state index is 0.161. The van der Waals surface area contributed by atoms with Gasteiger partial charge in [-0.3, -0.25) is 9.78 Å². The van der Waals surface area contributed by atoms with Crippen molar-refractivity contribution in [3.8, 4) is 11.1 Å². The summed E-state index contributed by atoms with van der Waals surface area (Å²) < 4.78 is 0. The Bertz CT molecular complexity index is 649. The summed E-state index contributed by atoms with van der Waals surface area (Å²) in [6, 6.07) is 8.28. The Balaban J connectivity index is 2.09. The highest BCUT2D eigenvalue weighted by Crippen LogP contribution is 2.32. The number of amides is 1. The molecule has 3 rings (SSSR count). The van der Waals surface area contributed by atoms with Gasteiger partial charge in [-0.25, -0.2) is 0 Å². The molecule has 0 saturated carbocycles. The zero-order valence-electron chi connectivity index (χ0n) is 11.2. The van der Waals surface area contributed by atoms with Gasteiger partial charge in [-0.15, -0.1) is 0 Å². The maximum Gasteiger partial charge on any atom is 0.231 e. The Morgan fingerprint density at radius 3 is 2.95 bits per heavy atom. The van der Waals surface area contributed by atoms with E-state index in [1.54, 1.807) is 4.90 Å². The lowest BCUT2D eigenvalue weighted by Crippen LogP contribution is -2.20. The van der Waals surface area contributed by atoms with E-state index in [1.807, 2.05) is 25.5 Å². The van der Waals surface area contributed by atoms with Crippen LogP contribution in [-0.2, 0) is 17.6 Å². The summed E-state index contributed by atoms with van der Waals surface area (Å²) in [5, 5.41) is 0. The number of rotatable bonds is 2. The van der Waals surface area contributed by atoms with Crippen LogP contribution in [0.15, 0.2) is 36.7 Å². The minimum absolute atomic E-state index is 0.161. The molecule has 1 aliphatic heterocycles. The van der Waals surface area contributed by atoms with Gasteiger partial charge in [0.2, 0.25) is 5.91 Å². The van der Waals surface area contributed by atoms with Crippen molar-refractivity contribution in [1.29, 1.82) is 0 Å². The summed E-state index contributed by atoms with van der Waals surface area (Å²) in [7, 11) is 1.83. The smallest absolute Gasteiger partial charge is 0.231 e. The number of hydrogen-bond donors (Lipinski definition) is 0. The zero-order chi connectivity index (χ0) is 13.4. The second-order valence-corrected chi connectivity index (χ2v) is 4.86. The summed E-state index contributed by atoms with van der Waals surface area (Å²) in [5.74, 6) is 0.161. The molecule has 0 atom stereocenters. The number of nitrogens with zero attached hydrogens (tertiary/aromatic N) is 2. The Morgan fingerprint density at radius 1 is 1.32 bits per heavy atom. The van der Waals surface area contributed by atoms with Gasteiger partial charge in [-0.05, 0) is 41.3 Å². The molecule has 0 saturated heterocycles. The van der Waals surface area contributed by atoms with Crippen LogP contribution in [0.4, 0.5) is 5.69 Å². The van der Waals surface area contributed by atoms with E-state index in [-0.39, 0.29) is 5.91 Å². The number of aromatic nitrogens is 1. The van der Waals surface area contributed by atoms with Crippen LogP contribution in [0.25, 0.3) is 11.1 Å². The van der Waals surface area contributed by atoms with Crippen molar-refractivity contribution < 1.29 is 4.79 Å². The highest BCUT2D eigenvalue weighted by Gasteiger charge is 2.24. The first kappa shape index (κ1) is 11.9. The molecule has 3 nitrogen and oxygen atoms in total. The van der Waals surface area contributed by atoms with Gasteiger partial charge in [0.15, 0.2) is 0 Å². The molecule has 3 heteroatoms. The fraction of sp³-hybridized carbons (Fsp3) is 0.250. The summed E-state index contributed by atoms with van der Waals surface area (Å²) in [6.45, 7) is 2.14. The number of carbonyl (C=O) groups is 1. The molecule has 96 valence electrons. The Hall–Kier alpha value is -2.16. The standard InChI is InChI=1S/C16H16N2O/c1-3-11-6-7-17-10-14(11)12-4-5-15-13(8-12)9-16(19)18(15)2/h4-8,10H,3,9H2,1-2H3. The monoisotopic (exact) mass is 252 g/mol. The quantitative estimate of drug-likeness (QED) is 0.823. The fourth-order valence-corrected chi connectivity index (χ4v) is 2.63. The first-order valence-corrected chi connectivity index (χ1v) is 6.53. The molecule has 1 aromatic carbocycles. The number of pyridine rings is 1. The molecule has 0 unspecified atom stereocenters. The first-order chi connectivity index (χ1) is 9.20. The average molecular weight is 252 g/mol. The number of anilines is 1. The summed E-state index contributed by atoms with van der Waals surface area (Å²) in [6.07, 6.45) is 5.21. The topological polar surface area (TPSA) is 33.2 Å². The fourth-order valence-electron chi connectivity index (χ4n) is 2.63. The van der Waals surface area contributed by atoms with Crippen LogP contribution in [0.1, 0.15) is 18.1 Å². The van der Waals surface area contributed by atoms with Crippen molar-refractivity contribution in [2.75, 3.05) is 11.9 Å². The van der Waals surface area contributed by atoms with E-state index in [0.717, 1.165) is 28.8 Å². The van der Waals surface area contributed by atoms with Crippen LogP contribution in [0.5, 0.6) is 0 Å². The number of aryl methyl sites for hydroxylation is 1. The third-order valence-electron chi connectivity index (χ3n) is 3.76. The number of likely N-dealkylation sites (N-methyl/N-ethyl adjacent to an activating group) is 1. The van der Waals surface area contributed by atoms with Gasteiger partial charge in [0, 0.05) is 30.7 Å². The molecule has 2 aromatic rings. The van der Waals surface area contributed by atoms with Crippen LogP contribution < -0.4 is 4.90 Å². The van der Waals surface area contributed by atoms with Gasteiger partial charge in [-0.1, -0.05) is 13.0 Å². The van der Waals surface area contributed by atoms with E-state index >= 15 is 0 Å². The number of carbonyl (C=O) groups excluding carboxylic acids is 1. The molecule has 0 aliphatic carbocycles. The van der Waals surface area contributed by atoms with Crippen molar-refractivity contribution in [3.05, 3.63) is 47.8 Å². The molecule has 0 bridgehead atoms. The van der Waals surface area contributed by atoms with E-state index in [4.69, 9.17) is 0 Å². The average Bonchev–Trinajstić information content (AvgIpc) is 2.73. The molecule has 1 amide bonds. The van der Waals surface area contributed by atoms with Crippen molar-refractivity contribution in [2.45, 2.75) is 19.8 Å². The number of benzene rings is 1. The molecule has 0 spiro atoms. The molecule has 0 radical (unpaired) electrons. The molecule has 19 heavy (non-hydrogen) atoms. The van der Waals surface area contributed by atoms with E-state index in [2.05, 4.69) is 30.1 Å². The molecule has 0 fully saturated rings. The second-order valence-electron chi connectivity index (χ2n) is 4.86. The van der Waals surface area contributed by atoms with Crippen molar-refractivity contribution >= 4 is 11.6 Å². The molecule has 0 N–H and O–H groups in total. The summed E-state index contributed by atoms with van der Waals surface area (Å²) >= 11 is 0. The van der Waals surface area contributed by atoms with E-state index in [1.165, 1.54) is 5.56 Å². The number of fused-ring (bicyclic) bond motifs is 1. The maximum absolute atomic E-state index is 11.7. The lowest BCUT2D eigenvalue weighted by atomic mass is 9.98. The summed E-state index contributed by atoms with van der Waals surface area (Å²) in [5.41, 5.74) is 5.72. The Morgan fingerprint density at radius 2 is 2.16 bits per heavy atom. The number of hydrogen-bond acceptors (Lipinski definition) is 2. The van der Waals surface area contributed by atoms with E-state index < -0.39 is 0 Å². The normalized spacial score (nSPS) is 13.8. The Kier molecular flexibility index (Phi) is 2.82. The van der Waals surface area contributed by atoms with Crippen LogP contribution >= 0.6 is 0 Å². The SMILES string of the molecule is CCc1ccncc1-c1ccc2c(c1)CC(=O)N2C. The third-order valence-corrected chi connectivity index (χ3v) is 3.76. The van der Waals surface area contributed by atoms with Crippen LogP contribution in [-0.4, -0.2) is 17.9 Å². The van der Waals surface area contributed by atoms with Gasteiger partial charge in [0.05, 0.1) is 6.42 Å². The van der Waals surface area contributed by atoms with Crippen molar-refractivity contribution in [2.24, 2.45) is 0 Å². The van der Waals surface area contributed by atoms with Crippen LogP contribution in [0.3, 0.4) is 0 Å². The summed E-state index contributed by atoms with van der Waals surface area (Å²) in [4.78, 5) is 17.7. The predicted molar refractivity (Wildman–Crippen MR) is 76.2 cm³/mol. The van der Waals surface area contributed by atoms with Gasteiger partial charge in [0.1, 0.15) is 0 Å².